The number of nitrogens with zero attached hydrogens (tertiary/aromatic N) is 3. The summed E-state index contributed by atoms with van der Waals surface area (Å²) in [6, 6.07) is 3.66. The highest BCUT2D eigenvalue weighted by molar-refractivity contribution is 6.58. The molecule has 1 amide bonds. The molecule has 0 spiro atoms. The summed E-state index contributed by atoms with van der Waals surface area (Å²) >= 11 is 0. The average Bonchev–Trinajstić information content (AvgIpc) is 2.99. The first-order valence-corrected chi connectivity index (χ1v) is 9.96. The van der Waals surface area contributed by atoms with Crippen LogP contribution in [0.4, 0.5) is 11.5 Å². The van der Waals surface area contributed by atoms with Gasteiger partial charge < -0.3 is 19.5 Å². The molecule has 1 aliphatic heterocycles. The molecule has 30 heavy (non-hydrogen) atoms. The Morgan fingerprint density at radius 2 is 2.03 bits per heavy atom. The highest BCUT2D eigenvalue weighted by atomic mass is 16.5. The summed E-state index contributed by atoms with van der Waals surface area (Å²) in [4.78, 5) is 19.2. The fourth-order valence-electron chi connectivity index (χ4n) is 3.39. The number of carbonyl (C=O) groups excluding carboxylic acids is 1. The molecule has 0 atom stereocenters. The van der Waals surface area contributed by atoms with Crippen molar-refractivity contribution in [2.45, 2.75) is 58.8 Å². The van der Waals surface area contributed by atoms with Crippen LogP contribution in [0.2, 0.25) is 0 Å². The van der Waals surface area contributed by atoms with E-state index in [4.69, 9.17) is 37.8 Å². The van der Waals surface area contributed by atoms with Crippen LogP contribution in [0, 0.1) is 12.3 Å². The Kier molecular flexibility index (Phi) is 6.25. The minimum Gasteiger partial charge on any atom is -0.499 e. The maximum Gasteiger partial charge on any atom is 0.252 e. The van der Waals surface area contributed by atoms with E-state index >= 15 is 0 Å². The summed E-state index contributed by atoms with van der Waals surface area (Å²) in [6.45, 7) is 9.36. The van der Waals surface area contributed by atoms with Crippen LogP contribution >= 0.6 is 0 Å². The number of anilines is 2. The van der Waals surface area contributed by atoms with E-state index < -0.39 is 5.30 Å². The minimum absolute atomic E-state index is 0.0318. The van der Waals surface area contributed by atoms with Crippen molar-refractivity contribution in [3.63, 3.8) is 0 Å². The number of rotatable bonds is 6. The number of carbonyl (C=O) groups is 1. The zero-order chi connectivity index (χ0) is 22.1. The lowest BCUT2D eigenvalue weighted by Gasteiger charge is -2.30. The van der Waals surface area contributed by atoms with Gasteiger partial charge in [0.25, 0.3) is 5.88 Å². The van der Waals surface area contributed by atoms with Crippen LogP contribution in [0.15, 0.2) is 16.7 Å². The van der Waals surface area contributed by atoms with E-state index in [1.807, 2.05) is 33.8 Å². The van der Waals surface area contributed by atoms with Crippen molar-refractivity contribution in [3.8, 4) is 5.88 Å². The molecule has 0 aliphatic carbocycles. The smallest absolute Gasteiger partial charge is 0.252 e. The van der Waals surface area contributed by atoms with Gasteiger partial charge in [-0.05, 0) is 47.3 Å². The second-order valence-electron chi connectivity index (χ2n) is 9.02. The van der Waals surface area contributed by atoms with Crippen LogP contribution in [-0.2, 0) is 17.8 Å². The molecule has 7 nitrogen and oxygen atoms in total. The SMILES string of the molecule is [B]C([B])([B])Oc1cc(CN2CCCc3nc(NC(=O)CC(C)(C)C)c(C)cc32)on1. The lowest BCUT2D eigenvalue weighted by atomic mass is 9.52. The number of nitrogens with one attached hydrogen (secondary N) is 1. The third kappa shape index (κ3) is 6.06. The maximum absolute atomic E-state index is 12.3. The number of hydrogen-bond acceptors (Lipinski definition) is 6. The Bertz CT molecular complexity index is 919. The Morgan fingerprint density at radius 1 is 1.30 bits per heavy atom. The lowest BCUT2D eigenvalue weighted by molar-refractivity contribution is -0.117. The highest BCUT2D eigenvalue weighted by Crippen LogP contribution is 2.31. The first kappa shape index (κ1) is 22.3. The molecule has 2 aromatic heterocycles. The van der Waals surface area contributed by atoms with Gasteiger partial charge in [0.05, 0.1) is 17.9 Å². The third-order valence-electron chi connectivity index (χ3n) is 4.57. The fraction of sp³-hybridized carbons (Fsp3) is 0.550. The molecule has 152 valence electrons. The number of fused-ring (bicyclic) bond motifs is 1. The lowest BCUT2D eigenvalue weighted by Crippen LogP contribution is -2.37. The van der Waals surface area contributed by atoms with Gasteiger partial charge in [-0.2, -0.15) is 0 Å². The van der Waals surface area contributed by atoms with Gasteiger partial charge in [-0.15, -0.1) is 0 Å². The molecule has 0 bridgehead atoms. The molecule has 1 aliphatic rings. The quantitative estimate of drug-likeness (QED) is 0.747. The number of aromatic nitrogens is 2. The molecule has 0 unspecified atom stereocenters. The molecular weight excluding hydrogens is 377 g/mol. The molecule has 0 saturated heterocycles. The van der Waals surface area contributed by atoms with E-state index in [0.29, 0.717) is 24.5 Å². The molecule has 3 rings (SSSR count). The van der Waals surface area contributed by atoms with Crippen molar-refractivity contribution in [1.82, 2.24) is 10.1 Å². The van der Waals surface area contributed by atoms with Crippen molar-refractivity contribution in [2.75, 3.05) is 16.8 Å². The first-order valence-electron chi connectivity index (χ1n) is 9.96. The molecule has 0 fully saturated rings. The van der Waals surface area contributed by atoms with Crippen LogP contribution in [0.25, 0.3) is 0 Å². The fourth-order valence-corrected chi connectivity index (χ4v) is 3.39. The maximum atomic E-state index is 12.3. The van der Waals surface area contributed by atoms with Crippen molar-refractivity contribution in [3.05, 3.63) is 29.2 Å². The van der Waals surface area contributed by atoms with Gasteiger partial charge in [0, 0.05) is 19.0 Å². The predicted octanol–water partition coefficient (Wildman–Crippen LogP) is 2.20. The van der Waals surface area contributed by atoms with Gasteiger partial charge in [0.2, 0.25) is 5.91 Å². The van der Waals surface area contributed by atoms with E-state index in [-0.39, 0.29) is 17.2 Å². The number of ether oxygens (including phenoxy) is 1. The van der Waals surface area contributed by atoms with Crippen molar-refractivity contribution >= 4 is 41.0 Å². The summed E-state index contributed by atoms with van der Waals surface area (Å²) in [5, 5.41) is 4.93. The van der Waals surface area contributed by atoms with Crippen molar-refractivity contribution in [2.24, 2.45) is 5.41 Å². The Morgan fingerprint density at radius 3 is 2.70 bits per heavy atom. The zero-order valence-electron chi connectivity index (χ0n) is 18.0. The number of hydrogen-bond donors (Lipinski definition) is 1. The molecule has 3 heterocycles. The number of amides is 1. The normalized spacial score (nSPS) is 14.3. The van der Waals surface area contributed by atoms with Crippen LogP contribution in [0.5, 0.6) is 5.88 Å². The van der Waals surface area contributed by atoms with E-state index in [0.717, 1.165) is 36.3 Å². The molecule has 6 radical (unpaired) electrons. The molecule has 2 aromatic rings. The topological polar surface area (TPSA) is 80.5 Å². The van der Waals surface area contributed by atoms with Gasteiger partial charge >= 0.3 is 0 Å². The van der Waals surface area contributed by atoms with E-state index in [1.54, 1.807) is 6.07 Å². The molecule has 0 aromatic carbocycles. The summed E-state index contributed by atoms with van der Waals surface area (Å²) < 4.78 is 10.4. The Labute approximate surface area is 181 Å². The molecule has 10 heteroatoms. The van der Waals surface area contributed by atoms with Crippen molar-refractivity contribution in [1.29, 1.82) is 0 Å². The van der Waals surface area contributed by atoms with E-state index in [9.17, 15) is 4.79 Å². The summed E-state index contributed by atoms with van der Waals surface area (Å²) in [5.74, 6) is 1.30. The van der Waals surface area contributed by atoms with Gasteiger partial charge in [0.15, 0.2) is 5.76 Å². The zero-order valence-corrected chi connectivity index (χ0v) is 18.0. The largest absolute Gasteiger partial charge is 0.499 e. The standard InChI is InChI=1S/C20H25B3N4O3/c1-12-8-15-14(24-18(12)25-16(28)10-19(2,3)4)6-5-7-27(15)11-13-9-17(26-30-13)29-20(21,22)23/h8-9H,5-7,10-11H2,1-4H3,(H,24,25,28). The molecular formula is C20H25B3N4O3. The van der Waals surface area contributed by atoms with E-state index in [2.05, 4.69) is 15.4 Å². The summed E-state index contributed by atoms with van der Waals surface area (Å²) in [7, 11) is 16.3. The van der Waals surface area contributed by atoms with Crippen LogP contribution in [-0.4, -0.2) is 51.4 Å². The minimum atomic E-state index is -1.82. The van der Waals surface area contributed by atoms with Crippen molar-refractivity contribution < 1.29 is 14.1 Å². The number of pyridine rings is 1. The highest BCUT2D eigenvalue weighted by Gasteiger charge is 2.23. The third-order valence-corrected chi connectivity index (χ3v) is 4.57. The second-order valence-corrected chi connectivity index (χ2v) is 9.02. The monoisotopic (exact) mass is 402 g/mol. The summed E-state index contributed by atoms with van der Waals surface area (Å²) in [6.07, 6.45) is 2.21. The second kappa shape index (κ2) is 8.40. The summed E-state index contributed by atoms with van der Waals surface area (Å²) in [5.41, 5.74) is 2.78. The first-order chi connectivity index (χ1) is 13.9. The predicted molar refractivity (Wildman–Crippen MR) is 118 cm³/mol. The Balaban J connectivity index is 1.75. The van der Waals surface area contributed by atoms with Crippen LogP contribution in [0.3, 0.4) is 0 Å². The van der Waals surface area contributed by atoms with Gasteiger partial charge in [-0.1, -0.05) is 20.8 Å². The van der Waals surface area contributed by atoms with Gasteiger partial charge in [0.1, 0.15) is 29.4 Å². The van der Waals surface area contributed by atoms with Gasteiger partial charge in [-0.3, -0.25) is 4.79 Å². The van der Waals surface area contributed by atoms with E-state index in [1.165, 1.54) is 0 Å². The van der Waals surface area contributed by atoms with Gasteiger partial charge in [-0.25, -0.2) is 4.98 Å². The number of aryl methyl sites for hydroxylation is 2. The Hall–Kier alpha value is -2.38. The molecule has 0 saturated carbocycles. The van der Waals surface area contributed by atoms with Crippen LogP contribution in [0.1, 0.15) is 50.6 Å². The average molecular weight is 402 g/mol. The van der Waals surface area contributed by atoms with Crippen LogP contribution < -0.4 is 15.0 Å². The molecule has 1 N–H and O–H groups in total.